The molecular weight excluding hydrogens is 258 g/mol. The predicted octanol–water partition coefficient (Wildman–Crippen LogP) is 2.17. The third kappa shape index (κ3) is 4.91. The van der Waals surface area contributed by atoms with Crippen LogP contribution in [0.15, 0.2) is 24.3 Å². The van der Waals surface area contributed by atoms with Crippen LogP contribution in [0.4, 0.5) is 0 Å². The third-order valence-corrected chi connectivity index (χ3v) is 2.96. The van der Waals surface area contributed by atoms with Gasteiger partial charge in [-0.2, -0.15) is 0 Å². The number of carboxylic acids is 1. The molecule has 0 radical (unpaired) electrons. The molecule has 0 fully saturated rings. The maximum atomic E-state index is 11.6. The van der Waals surface area contributed by atoms with Crippen LogP contribution in [0.5, 0.6) is 5.75 Å². The zero-order valence-corrected chi connectivity index (χ0v) is 12.1. The summed E-state index contributed by atoms with van der Waals surface area (Å²) in [5.41, 5.74) is 1.19. The van der Waals surface area contributed by atoms with Crippen molar-refractivity contribution in [1.29, 1.82) is 0 Å². The second kappa shape index (κ2) is 7.53. The number of aliphatic carboxylic acids is 1. The van der Waals surface area contributed by atoms with Crippen LogP contribution < -0.4 is 10.1 Å². The molecular formula is C15H21NO4. The average Bonchev–Trinajstić information content (AvgIpc) is 2.42. The molecule has 0 aliphatic carbocycles. The topological polar surface area (TPSA) is 75.6 Å². The van der Waals surface area contributed by atoms with Crippen LogP contribution in [0.2, 0.25) is 0 Å². The molecule has 20 heavy (non-hydrogen) atoms. The van der Waals surface area contributed by atoms with Gasteiger partial charge in [0.25, 0.3) is 5.91 Å². The van der Waals surface area contributed by atoms with Crippen molar-refractivity contribution in [2.45, 2.75) is 39.2 Å². The van der Waals surface area contributed by atoms with E-state index in [1.165, 1.54) is 5.56 Å². The van der Waals surface area contributed by atoms with Gasteiger partial charge in [0.05, 0.1) is 0 Å². The number of ether oxygens (including phenoxy) is 1. The Morgan fingerprint density at radius 3 is 2.30 bits per heavy atom. The molecule has 1 aromatic carbocycles. The Bertz CT molecular complexity index is 453. The van der Waals surface area contributed by atoms with E-state index >= 15 is 0 Å². The number of nitrogens with one attached hydrogen (secondary N) is 1. The molecule has 0 aliphatic heterocycles. The van der Waals surface area contributed by atoms with Crippen molar-refractivity contribution >= 4 is 11.9 Å². The van der Waals surface area contributed by atoms with Crippen LogP contribution in [-0.2, 0) is 9.59 Å². The second-order valence-corrected chi connectivity index (χ2v) is 4.88. The van der Waals surface area contributed by atoms with E-state index in [0.717, 1.165) is 0 Å². The Hall–Kier alpha value is -2.04. The van der Waals surface area contributed by atoms with Gasteiger partial charge < -0.3 is 15.2 Å². The van der Waals surface area contributed by atoms with Crippen molar-refractivity contribution in [1.82, 2.24) is 5.32 Å². The highest BCUT2D eigenvalue weighted by Crippen LogP contribution is 2.18. The minimum absolute atomic E-state index is 0.190. The minimum atomic E-state index is -1.04. The quantitative estimate of drug-likeness (QED) is 0.802. The molecule has 5 nitrogen and oxygen atoms in total. The number of amides is 1. The molecule has 2 N–H and O–H groups in total. The number of benzene rings is 1. The van der Waals surface area contributed by atoms with Crippen molar-refractivity contribution in [3.05, 3.63) is 29.8 Å². The number of hydrogen-bond donors (Lipinski definition) is 2. The summed E-state index contributed by atoms with van der Waals surface area (Å²) in [4.78, 5) is 22.4. The summed E-state index contributed by atoms with van der Waals surface area (Å²) in [6.07, 6.45) is 0.337. The van der Waals surface area contributed by atoms with E-state index in [1.807, 2.05) is 12.1 Å². The van der Waals surface area contributed by atoms with Gasteiger partial charge in [-0.1, -0.05) is 32.9 Å². The van der Waals surface area contributed by atoms with E-state index in [-0.39, 0.29) is 6.61 Å². The number of hydrogen-bond acceptors (Lipinski definition) is 3. The molecule has 110 valence electrons. The molecule has 0 spiro atoms. The van der Waals surface area contributed by atoms with Crippen molar-refractivity contribution in [2.24, 2.45) is 0 Å². The normalized spacial score (nSPS) is 12.0. The molecule has 5 heteroatoms. The monoisotopic (exact) mass is 279 g/mol. The van der Waals surface area contributed by atoms with Gasteiger partial charge >= 0.3 is 5.97 Å². The minimum Gasteiger partial charge on any atom is -0.484 e. The van der Waals surface area contributed by atoms with Gasteiger partial charge in [0.2, 0.25) is 0 Å². The van der Waals surface area contributed by atoms with Crippen molar-refractivity contribution in [3.63, 3.8) is 0 Å². The summed E-state index contributed by atoms with van der Waals surface area (Å²) in [7, 11) is 0. The van der Waals surface area contributed by atoms with Crippen LogP contribution in [0, 0.1) is 0 Å². The Labute approximate surface area is 118 Å². The zero-order chi connectivity index (χ0) is 15.1. The molecule has 0 unspecified atom stereocenters. The molecule has 1 rings (SSSR count). The van der Waals surface area contributed by atoms with E-state index in [1.54, 1.807) is 19.1 Å². The Balaban J connectivity index is 2.46. The second-order valence-electron chi connectivity index (χ2n) is 4.88. The fraction of sp³-hybridized carbons (Fsp3) is 0.467. The Morgan fingerprint density at radius 1 is 1.25 bits per heavy atom. The molecule has 1 aromatic rings. The average molecular weight is 279 g/mol. The van der Waals surface area contributed by atoms with Gasteiger partial charge in [-0.15, -0.1) is 0 Å². The van der Waals surface area contributed by atoms with Gasteiger partial charge in [-0.05, 0) is 30.0 Å². The van der Waals surface area contributed by atoms with Crippen LogP contribution in [-0.4, -0.2) is 29.6 Å². The highest BCUT2D eigenvalue weighted by molar-refractivity contribution is 5.84. The molecule has 0 bridgehead atoms. The first-order chi connectivity index (χ1) is 9.43. The first-order valence-corrected chi connectivity index (χ1v) is 6.69. The summed E-state index contributed by atoms with van der Waals surface area (Å²) in [6.45, 7) is 5.70. The first kappa shape index (κ1) is 16.0. The molecule has 0 aromatic heterocycles. The molecule has 0 aliphatic rings. The number of carboxylic acid groups (broad SMARTS) is 1. The lowest BCUT2D eigenvalue weighted by molar-refractivity contribution is -0.142. The van der Waals surface area contributed by atoms with Gasteiger partial charge in [0.15, 0.2) is 6.61 Å². The lowest BCUT2D eigenvalue weighted by Crippen LogP contribution is -2.42. The van der Waals surface area contributed by atoms with E-state index in [2.05, 4.69) is 19.2 Å². The molecule has 1 atom stereocenters. The van der Waals surface area contributed by atoms with E-state index in [4.69, 9.17) is 9.84 Å². The highest BCUT2D eigenvalue weighted by atomic mass is 16.5. The zero-order valence-electron chi connectivity index (χ0n) is 12.1. The number of carbonyl (C=O) groups is 2. The first-order valence-electron chi connectivity index (χ1n) is 6.69. The molecule has 0 saturated heterocycles. The van der Waals surface area contributed by atoms with Crippen LogP contribution in [0.1, 0.15) is 38.7 Å². The Kier molecular flexibility index (Phi) is 6.03. The SMILES string of the molecule is CC[C@H](NC(=O)COc1ccc(C(C)C)cc1)C(=O)O. The predicted molar refractivity (Wildman–Crippen MR) is 75.9 cm³/mol. The van der Waals surface area contributed by atoms with Crippen LogP contribution in [0.3, 0.4) is 0 Å². The maximum Gasteiger partial charge on any atom is 0.326 e. The standard InChI is InChI=1S/C15H21NO4/c1-4-13(15(18)19)16-14(17)9-20-12-7-5-11(6-8-12)10(2)3/h5-8,10,13H,4,9H2,1-3H3,(H,16,17)(H,18,19)/t13-/m0/s1. The third-order valence-electron chi connectivity index (χ3n) is 2.96. The van der Waals surface area contributed by atoms with E-state index < -0.39 is 17.9 Å². The molecule has 0 heterocycles. The molecule has 1 amide bonds. The summed E-state index contributed by atoms with van der Waals surface area (Å²) >= 11 is 0. The van der Waals surface area contributed by atoms with Gasteiger partial charge in [-0.3, -0.25) is 4.79 Å². The fourth-order valence-corrected chi connectivity index (χ4v) is 1.67. The summed E-state index contributed by atoms with van der Waals surface area (Å²) in [6, 6.07) is 6.64. The Morgan fingerprint density at radius 2 is 1.85 bits per heavy atom. The van der Waals surface area contributed by atoms with Crippen LogP contribution >= 0.6 is 0 Å². The van der Waals surface area contributed by atoms with Crippen LogP contribution in [0.25, 0.3) is 0 Å². The highest BCUT2D eigenvalue weighted by Gasteiger charge is 2.17. The van der Waals surface area contributed by atoms with Gasteiger partial charge in [0.1, 0.15) is 11.8 Å². The summed E-state index contributed by atoms with van der Waals surface area (Å²) in [5.74, 6) is -0.449. The van der Waals surface area contributed by atoms with Crippen molar-refractivity contribution < 1.29 is 19.4 Å². The van der Waals surface area contributed by atoms with E-state index in [0.29, 0.717) is 18.1 Å². The maximum absolute atomic E-state index is 11.6. The lowest BCUT2D eigenvalue weighted by Gasteiger charge is -2.13. The smallest absolute Gasteiger partial charge is 0.326 e. The van der Waals surface area contributed by atoms with Crippen molar-refractivity contribution in [2.75, 3.05) is 6.61 Å². The van der Waals surface area contributed by atoms with Crippen molar-refractivity contribution in [3.8, 4) is 5.75 Å². The van der Waals surface area contributed by atoms with Gasteiger partial charge in [0, 0.05) is 0 Å². The largest absolute Gasteiger partial charge is 0.484 e. The summed E-state index contributed by atoms with van der Waals surface area (Å²) in [5, 5.41) is 11.2. The lowest BCUT2D eigenvalue weighted by atomic mass is 10.0. The summed E-state index contributed by atoms with van der Waals surface area (Å²) < 4.78 is 5.32. The number of carbonyl (C=O) groups excluding carboxylic acids is 1. The number of rotatable bonds is 7. The molecule has 0 saturated carbocycles. The van der Waals surface area contributed by atoms with E-state index in [9.17, 15) is 9.59 Å². The fourth-order valence-electron chi connectivity index (χ4n) is 1.67. The van der Waals surface area contributed by atoms with Gasteiger partial charge in [-0.25, -0.2) is 4.79 Å².